The molecule has 0 saturated heterocycles. The molecule has 122 valence electrons. The summed E-state index contributed by atoms with van der Waals surface area (Å²) in [6, 6.07) is 7.34. The summed E-state index contributed by atoms with van der Waals surface area (Å²) in [5.41, 5.74) is 0.789. The standard InChI is InChI=1S/C16H18ClN3O2S/c1-3-20(4-2)14(21)10-18-15(22)13-9-19-16(23-13)11-7-5-6-8-12(11)17/h5-9H,3-4,10H2,1-2H3,(H,18,22). The molecule has 7 heteroatoms. The Morgan fingerprint density at radius 3 is 2.61 bits per heavy atom. The van der Waals surface area contributed by atoms with Gasteiger partial charge in [0.25, 0.3) is 5.91 Å². The average Bonchev–Trinajstić information content (AvgIpc) is 3.04. The van der Waals surface area contributed by atoms with Gasteiger partial charge in [0, 0.05) is 18.7 Å². The highest BCUT2D eigenvalue weighted by molar-refractivity contribution is 7.17. The average molecular weight is 352 g/mol. The molecular formula is C16H18ClN3O2S. The first-order valence-electron chi connectivity index (χ1n) is 7.33. The summed E-state index contributed by atoms with van der Waals surface area (Å²) in [6.45, 7) is 5.05. The Bertz CT molecular complexity index is 698. The van der Waals surface area contributed by atoms with Gasteiger partial charge in [0.15, 0.2) is 0 Å². The number of nitrogens with zero attached hydrogens (tertiary/aromatic N) is 2. The SMILES string of the molecule is CCN(CC)C(=O)CNC(=O)c1cnc(-c2ccccc2Cl)s1. The summed E-state index contributed by atoms with van der Waals surface area (Å²) < 4.78 is 0. The van der Waals surface area contributed by atoms with Crippen LogP contribution >= 0.6 is 22.9 Å². The van der Waals surface area contributed by atoms with E-state index in [1.807, 2.05) is 32.0 Å². The van der Waals surface area contributed by atoms with Crippen LogP contribution in [0.1, 0.15) is 23.5 Å². The molecule has 1 heterocycles. The van der Waals surface area contributed by atoms with Crippen molar-refractivity contribution in [1.82, 2.24) is 15.2 Å². The molecule has 1 aromatic heterocycles. The number of carbonyl (C=O) groups excluding carboxylic acids is 2. The molecule has 5 nitrogen and oxygen atoms in total. The summed E-state index contributed by atoms with van der Waals surface area (Å²) in [7, 11) is 0. The summed E-state index contributed by atoms with van der Waals surface area (Å²) in [5.74, 6) is -0.402. The van der Waals surface area contributed by atoms with E-state index < -0.39 is 0 Å². The van der Waals surface area contributed by atoms with Crippen molar-refractivity contribution in [1.29, 1.82) is 0 Å². The third-order valence-electron chi connectivity index (χ3n) is 3.35. The minimum absolute atomic E-state index is 0.0140. The number of carbonyl (C=O) groups is 2. The second-order valence-electron chi connectivity index (χ2n) is 4.76. The number of likely N-dealkylation sites (N-methyl/N-ethyl adjacent to an activating group) is 1. The quantitative estimate of drug-likeness (QED) is 0.870. The number of benzene rings is 1. The Kier molecular flexibility index (Phi) is 6.12. The van der Waals surface area contributed by atoms with E-state index in [9.17, 15) is 9.59 Å². The molecule has 0 radical (unpaired) electrons. The van der Waals surface area contributed by atoms with Crippen LogP contribution in [0.25, 0.3) is 10.6 Å². The van der Waals surface area contributed by atoms with Gasteiger partial charge in [-0.15, -0.1) is 11.3 Å². The van der Waals surface area contributed by atoms with Crippen LogP contribution in [0.3, 0.4) is 0 Å². The van der Waals surface area contributed by atoms with Crippen molar-refractivity contribution in [3.63, 3.8) is 0 Å². The molecule has 23 heavy (non-hydrogen) atoms. The van der Waals surface area contributed by atoms with Gasteiger partial charge in [-0.3, -0.25) is 9.59 Å². The number of rotatable bonds is 6. The summed E-state index contributed by atoms with van der Waals surface area (Å²) in [5, 5.41) is 3.90. The molecule has 2 rings (SSSR count). The summed E-state index contributed by atoms with van der Waals surface area (Å²) in [4.78, 5) is 30.4. The maximum atomic E-state index is 12.1. The van der Waals surface area contributed by atoms with E-state index in [-0.39, 0.29) is 18.4 Å². The molecule has 2 amide bonds. The lowest BCUT2D eigenvalue weighted by Crippen LogP contribution is -2.39. The molecule has 0 saturated carbocycles. The smallest absolute Gasteiger partial charge is 0.263 e. The van der Waals surface area contributed by atoms with E-state index in [0.29, 0.717) is 28.0 Å². The van der Waals surface area contributed by atoms with Gasteiger partial charge < -0.3 is 10.2 Å². The van der Waals surface area contributed by atoms with Crippen LogP contribution in [0.5, 0.6) is 0 Å². The Balaban J connectivity index is 2.02. The predicted molar refractivity (Wildman–Crippen MR) is 92.8 cm³/mol. The highest BCUT2D eigenvalue weighted by atomic mass is 35.5. The normalized spacial score (nSPS) is 10.4. The van der Waals surface area contributed by atoms with Crippen molar-refractivity contribution in [3.05, 3.63) is 40.4 Å². The third-order valence-corrected chi connectivity index (χ3v) is 4.71. The summed E-state index contributed by atoms with van der Waals surface area (Å²) in [6.07, 6.45) is 1.50. The molecule has 0 aliphatic rings. The van der Waals surface area contributed by atoms with Crippen molar-refractivity contribution in [2.24, 2.45) is 0 Å². The van der Waals surface area contributed by atoms with Crippen LogP contribution in [0.15, 0.2) is 30.5 Å². The van der Waals surface area contributed by atoms with Crippen LogP contribution in [0.2, 0.25) is 5.02 Å². The van der Waals surface area contributed by atoms with Gasteiger partial charge in [-0.2, -0.15) is 0 Å². The number of amides is 2. The second-order valence-corrected chi connectivity index (χ2v) is 6.20. The van der Waals surface area contributed by atoms with Gasteiger partial charge in [-0.25, -0.2) is 4.98 Å². The van der Waals surface area contributed by atoms with Crippen LogP contribution in [0.4, 0.5) is 0 Å². The Morgan fingerprint density at radius 2 is 1.96 bits per heavy atom. The van der Waals surface area contributed by atoms with Crippen molar-refractivity contribution < 1.29 is 9.59 Å². The molecule has 0 fully saturated rings. The zero-order chi connectivity index (χ0) is 16.8. The van der Waals surface area contributed by atoms with Crippen LogP contribution in [-0.4, -0.2) is 41.3 Å². The minimum Gasteiger partial charge on any atom is -0.342 e. The molecule has 0 bridgehead atoms. The summed E-state index contributed by atoms with van der Waals surface area (Å²) >= 11 is 7.38. The first kappa shape index (κ1) is 17.4. The monoisotopic (exact) mass is 351 g/mol. The van der Waals surface area contributed by atoms with Gasteiger partial charge in [0.1, 0.15) is 9.88 Å². The molecule has 0 aliphatic carbocycles. The Hall–Kier alpha value is -1.92. The van der Waals surface area contributed by atoms with Gasteiger partial charge >= 0.3 is 0 Å². The fourth-order valence-corrected chi connectivity index (χ4v) is 3.22. The van der Waals surface area contributed by atoms with Gasteiger partial charge in [0.05, 0.1) is 17.8 Å². The molecule has 0 unspecified atom stereocenters. The first-order valence-corrected chi connectivity index (χ1v) is 8.53. The number of nitrogens with one attached hydrogen (secondary N) is 1. The number of hydrogen-bond donors (Lipinski definition) is 1. The van der Waals surface area contributed by atoms with Gasteiger partial charge in [0.2, 0.25) is 5.91 Å². The second kappa shape index (κ2) is 8.08. The molecule has 0 spiro atoms. The van der Waals surface area contributed by atoms with E-state index >= 15 is 0 Å². The maximum Gasteiger partial charge on any atom is 0.263 e. The fourth-order valence-electron chi connectivity index (χ4n) is 2.07. The molecular weight excluding hydrogens is 334 g/mol. The topological polar surface area (TPSA) is 62.3 Å². The van der Waals surface area contributed by atoms with Crippen molar-refractivity contribution in [3.8, 4) is 10.6 Å². The third kappa shape index (κ3) is 4.30. The maximum absolute atomic E-state index is 12.1. The van der Waals surface area contributed by atoms with Gasteiger partial charge in [-0.1, -0.05) is 29.8 Å². The highest BCUT2D eigenvalue weighted by Gasteiger charge is 2.15. The van der Waals surface area contributed by atoms with E-state index in [1.54, 1.807) is 11.0 Å². The molecule has 1 aromatic carbocycles. The van der Waals surface area contributed by atoms with E-state index in [4.69, 9.17) is 11.6 Å². The zero-order valence-corrected chi connectivity index (χ0v) is 14.6. The number of aromatic nitrogens is 1. The number of thiazole rings is 1. The lowest BCUT2D eigenvalue weighted by molar-refractivity contribution is -0.129. The van der Waals surface area contributed by atoms with Crippen molar-refractivity contribution >= 4 is 34.8 Å². The van der Waals surface area contributed by atoms with Crippen LogP contribution in [0, 0.1) is 0 Å². The van der Waals surface area contributed by atoms with Crippen molar-refractivity contribution in [2.75, 3.05) is 19.6 Å². The predicted octanol–water partition coefficient (Wildman–Crippen LogP) is 3.06. The molecule has 1 N–H and O–H groups in total. The van der Waals surface area contributed by atoms with E-state index in [1.165, 1.54) is 17.5 Å². The molecule has 2 aromatic rings. The minimum atomic E-state index is -0.304. The largest absolute Gasteiger partial charge is 0.342 e. The van der Waals surface area contributed by atoms with Crippen LogP contribution in [-0.2, 0) is 4.79 Å². The van der Waals surface area contributed by atoms with E-state index in [0.717, 1.165) is 5.56 Å². The molecule has 0 atom stereocenters. The first-order chi connectivity index (χ1) is 11.1. The van der Waals surface area contributed by atoms with E-state index in [2.05, 4.69) is 10.3 Å². The van der Waals surface area contributed by atoms with Gasteiger partial charge in [-0.05, 0) is 19.9 Å². The Labute approximate surface area is 144 Å². The fraction of sp³-hybridized carbons (Fsp3) is 0.312. The number of halogens is 1. The lowest BCUT2D eigenvalue weighted by atomic mass is 10.2. The number of hydrogen-bond acceptors (Lipinski definition) is 4. The molecule has 0 aliphatic heterocycles. The van der Waals surface area contributed by atoms with Crippen molar-refractivity contribution in [2.45, 2.75) is 13.8 Å². The van der Waals surface area contributed by atoms with Crippen LogP contribution < -0.4 is 5.32 Å². The lowest BCUT2D eigenvalue weighted by Gasteiger charge is -2.18. The zero-order valence-electron chi connectivity index (χ0n) is 13.0. The Morgan fingerprint density at radius 1 is 1.26 bits per heavy atom. The highest BCUT2D eigenvalue weighted by Crippen LogP contribution is 2.30.